The van der Waals surface area contributed by atoms with Crippen LogP contribution in [0.5, 0.6) is 0 Å². The Balaban J connectivity index is 1.80. The smallest absolute Gasteiger partial charge is 0.235 e. The number of amides is 1. The van der Waals surface area contributed by atoms with Gasteiger partial charge in [0.1, 0.15) is 5.82 Å². The Kier molecular flexibility index (Phi) is 3.47. The molecule has 3 rings (SSSR count). The molecule has 0 aromatic heterocycles. The summed E-state index contributed by atoms with van der Waals surface area (Å²) < 4.78 is 13.0. The molecule has 2 aromatic rings. The van der Waals surface area contributed by atoms with E-state index in [1.807, 2.05) is 0 Å². The second-order valence-corrected chi connectivity index (χ2v) is 5.40. The molecular formula is C17H16FNO2. The first kappa shape index (κ1) is 13.8. The summed E-state index contributed by atoms with van der Waals surface area (Å²) in [6, 6.07) is 13.2. The quantitative estimate of drug-likeness (QED) is 0.907. The van der Waals surface area contributed by atoms with Crippen LogP contribution in [0.1, 0.15) is 24.0 Å². The molecule has 1 amide bonds. The summed E-state index contributed by atoms with van der Waals surface area (Å²) in [5.41, 5.74) is 1.72. The SMILES string of the molecule is O=C(Nc1cccc(CO)c1)C1(c2ccc(F)cc2)CC1. The Morgan fingerprint density at radius 2 is 1.90 bits per heavy atom. The van der Waals surface area contributed by atoms with Crippen LogP contribution in [0.4, 0.5) is 10.1 Å². The first-order valence-corrected chi connectivity index (χ1v) is 6.91. The van der Waals surface area contributed by atoms with Gasteiger partial charge in [-0.05, 0) is 48.2 Å². The molecule has 21 heavy (non-hydrogen) atoms. The van der Waals surface area contributed by atoms with Gasteiger partial charge in [-0.3, -0.25) is 4.79 Å². The average molecular weight is 285 g/mol. The number of hydrogen-bond acceptors (Lipinski definition) is 2. The lowest BCUT2D eigenvalue weighted by Crippen LogP contribution is -2.27. The van der Waals surface area contributed by atoms with Crippen molar-refractivity contribution >= 4 is 11.6 Å². The second kappa shape index (κ2) is 5.30. The molecule has 2 aromatic carbocycles. The fourth-order valence-electron chi connectivity index (χ4n) is 2.54. The highest BCUT2D eigenvalue weighted by molar-refractivity contribution is 6.01. The van der Waals surface area contributed by atoms with Crippen molar-refractivity contribution in [1.29, 1.82) is 0 Å². The molecule has 0 bridgehead atoms. The minimum Gasteiger partial charge on any atom is -0.392 e. The Bertz CT molecular complexity index is 663. The molecule has 0 unspecified atom stereocenters. The molecule has 0 heterocycles. The zero-order valence-corrected chi connectivity index (χ0v) is 11.5. The molecule has 1 aliphatic rings. The third-order valence-electron chi connectivity index (χ3n) is 3.95. The molecule has 0 aliphatic heterocycles. The van der Waals surface area contributed by atoms with Crippen molar-refractivity contribution in [3.8, 4) is 0 Å². The summed E-state index contributed by atoms with van der Waals surface area (Å²) in [7, 11) is 0. The van der Waals surface area contributed by atoms with Gasteiger partial charge in [0, 0.05) is 5.69 Å². The van der Waals surface area contributed by atoms with E-state index in [-0.39, 0.29) is 18.3 Å². The lowest BCUT2D eigenvalue weighted by Gasteiger charge is -2.16. The molecule has 3 nitrogen and oxygen atoms in total. The van der Waals surface area contributed by atoms with Crippen LogP contribution in [0.3, 0.4) is 0 Å². The van der Waals surface area contributed by atoms with Gasteiger partial charge in [0.25, 0.3) is 0 Å². The summed E-state index contributed by atoms with van der Waals surface area (Å²) >= 11 is 0. The number of benzene rings is 2. The van der Waals surface area contributed by atoms with Crippen LogP contribution in [0, 0.1) is 5.82 Å². The fourth-order valence-corrected chi connectivity index (χ4v) is 2.54. The monoisotopic (exact) mass is 285 g/mol. The van der Waals surface area contributed by atoms with E-state index in [2.05, 4.69) is 5.32 Å². The van der Waals surface area contributed by atoms with E-state index >= 15 is 0 Å². The lowest BCUT2D eigenvalue weighted by molar-refractivity contribution is -0.118. The Hall–Kier alpha value is -2.20. The van der Waals surface area contributed by atoms with Crippen molar-refractivity contribution in [2.24, 2.45) is 0 Å². The molecule has 0 saturated heterocycles. The van der Waals surface area contributed by atoms with E-state index in [0.717, 1.165) is 24.0 Å². The number of aliphatic hydroxyl groups excluding tert-OH is 1. The lowest BCUT2D eigenvalue weighted by atomic mass is 9.95. The fraction of sp³-hybridized carbons (Fsp3) is 0.235. The topological polar surface area (TPSA) is 49.3 Å². The summed E-state index contributed by atoms with van der Waals surface area (Å²) in [5, 5.41) is 12.0. The van der Waals surface area contributed by atoms with Crippen LogP contribution in [0.2, 0.25) is 0 Å². The normalized spacial score (nSPS) is 15.5. The van der Waals surface area contributed by atoms with Crippen LogP contribution in [-0.4, -0.2) is 11.0 Å². The second-order valence-electron chi connectivity index (χ2n) is 5.40. The van der Waals surface area contributed by atoms with E-state index in [1.165, 1.54) is 12.1 Å². The number of rotatable bonds is 4. The van der Waals surface area contributed by atoms with Crippen molar-refractivity contribution in [3.63, 3.8) is 0 Å². The number of hydrogen-bond donors (Lipinski definition) is 2. The molecular weight excluding hydrogens is 269 g/mol. The Labute approximate surface area is 122 Å². The third kappa shape index (κ3) is 2.67. The van der Waals surface area contributed by atoms with Crippen molar-refractivity contribution in [2.45, 2.75) is 24.9 Å². The standard InChI is InChI=1S/C17H16FNO2/c18-14-6-4-13(5-7-14)17(8-9-17)16(21)19-15-3-1-2-12(10-15)11-20/h1-7,10,20H,8-9,11H2,(H,19,21). The van der Waals surface area contributed by atoms with Crippen LogP contribution in [0.25, 0.3) is 0 Å². The molecule has 2 N–H and O–H groups in total. The van der Waals surface area contributed by atoms with Crippen molar-refractivity contribution in [2.75, 3.05) is 5.32 Å². The number of anilines is 1. The average Bonchev–Trinajstić information content (AvgIpc) is 3.30. The van der Waals surface area contributed by atoms with Gasteiger partial charge < -0.3 is 10.4 Å². The van der Waals surface area contributed by atoms with Gasteiger partial charge in [0.15, 0.2) is 0 Å². The molecule has 0 atom stereocenters. The van der Waals surface area contributed by atoms with Gasteiger partial charge in [0.2, 0.25) is 5.91 Å². The highest BCUT2D eigenvalue weighted by atomic mass is 19.1. The number of halogens is 1. The van der Waals surface area contributed by atoms with E-state index < -0.39 is 5.41 Å². The molecule has 1 fully saturated rings. The molecule has 1 aliphatic carbocycles. The van der Waals surface area contributed by atoms with Gasteiger partial charge in [-0.15, -0.1) is 0 Å². The van der Waals surface area contributed by atoms with Crippen LogP contribution in [0.15, 0.2) is 48.5 Å². The van der Waals surface area contributed by atoms with Gasteiger partial charge in [-0.2, -0.15) is 0 Å². The van der Waals surface area contributed by atoms with Crippen LogP contribution >= 0.6 is 0 Å². The summed E-state index contributed by atoms with van der Waals surface area (Å²) in [4.78, 5) is 12.5. The summed E-state index contributed by atoms with van der Waals surface area (Å²) in [6.07, 6.45) is 1.54. The van der Waals surface area contributed by atoms with E-state index in [9.17, 15) is 9.18 Å². The summed E-state index contributed by atoms with van der Waals surface area (Å²) in [5.74, 6) is -0.380. The number of nitrogens with one attached hydrogen (secondary N) is 1. The van der Waals surface area contributed by atoms with Crippen molar-refractivity contribution in [3.05, 3.63) is 65.5 Å². The van der Waals surface area contributed by atoms with E-state index in [0.29, 0.717) is 5.69 Å². The van der Waals surface area contributed by atoms with Gasteiger partial charge in [0.05, 0.1) is 12.0 Å². The Morgan fingerprint density at radius 3 is 2.52 bits per heavy atom. The van der Waals surface area contributed by atoms with Crippen LogP contribution < -0.4 is 5.32 Å². The number of carbonyl (C=O) groups is 1. The molecule has 0 spiro atoms. The van der Waals surface area contributed by atoms with Crippen molar-refractivity contribution < 1.29 is 14.3 Å². The highest BCUT2D eigenvalue weighted by Crippen LogP contribution is 2.49. The Morgan fingerprint density at radius 1 is 1.19 bits per heavy atom. The zero-order chi connectivity index (χ0) is 14.9. The number of carbonyl (C=O) groups excluding carboxylic acids is 1. The first-order chi connectivity index (χ1) is 10.1. The van der Waals surface area contributed by atoms with Gasteiger partial charge in [-0.1, -0.05) is 24.3 Å². The molecule has 4 heteroatoms. The van der Waals surface area contributed by atoms with E-state index in [4.69, 9.17) is 5.11 Å². The van der Waals surface area contributed by atoms with E-state index in [1.54, 1.807) is 36.4 Å². The minimum absolute atomic E-state index is 0.0627. The zero-order valence-electron chi connectivity index (χ0n) is 11.5. The first-order valence-electron chi connectivity index (χ1n) is 6.91. The minimum atomic E-state index is -0.539. The molecule has 108 valence electrons. The summed E-state index contributed by atoms with van der Waals surface area (Å²) in [6.45, 7) is -0.0627. The van der Waals surface area contributed by atoms with Crippen LogP contribution in [-0.2, 0) is 16.8 Å². The molecule has 1 saturated carbocycles. The molecule has 0 radical (unpaired) electrons. The predicted octanol–water partition coefficient (Wildman–Crippen LogP) is 2.99. The maximum Gasteiger partial charge on any atom is 0.235 e. The predicted molar refractivity (Wildman–Crippen MR) is 78.3 cm³/mol. The number of aliphatic hydroxyl groups is 1. The maximum atomic E-state index is 13.0. The van der Waals surface area contributed by atoms with Crippen molar-refractivity contribution in [1.82, 2.24) is 0 Å². The highest BCUT2D eigenvalue weighted by Gasteiger charge is 2.51. The largest absolute Gasteiger partial charge is 0.392 e. The van der Waals surface area contributed by atoms with Gasteiger partial charge >= 0.3 is 0 Å². The van der Waals surface area contributed by atoms with Gasteiger partial charge in [-0.25, -0.2) is 4.39 Å². The third-order valence-corrected chi connectivity index (χ3v) is 3.95. The maximum absolute atomic E-state index is 13.0.